The molecule has 0 aliphatic carbocycles. The maximum Gasteiger partial charge on any atom is 0.161 e. The van der Waals surface area contributed by atoms with Gasteiger partial charge in [-0.25, -0.2) is 0 Å². The number of benzene rings is 1. The van der Waals surface area contributed by atoms with Crippen LogP contribution in [0.1, 0.15) is 26.2 Å². The predicted molar refractivity (Wildman–Crippen MR) is 88.1 cm³/mol. The number of fused-ring (bicyclic) bond motifs is 2. The standard InChI is InChI=1S/C18H27NO4/c1-3-22-16-6-4-5-7-17(16)23-9-8-18(20)10-14-12-21-13-15(11-18)19(14)2/h4-7,14-15,20H,3,8-13H2,1-2H3. The van der Waals surface area contributed by atoms with Crippen LogP contribution in [0.2, 0.25) is 0 Å². The van der Waals surface area contributed by atoms with Gasteiger partial charge < -0.3 is 19.3 Å². The number of hydrogen-bond donors (Lipinski definition) is 1. The lowest BCUT2D eigenvalue weighted by Gasteiger charge is -2.50. The van der Waals surface area contributed by atoms with Gasteiger partial charge in [0.1, 0.15) is 0 Å². The first kappa shape index (κ1) is 16.6. The highest BCUT2D eigenvalue weighted by atomic mass is 16.5. The highest BCUT2D eigenvalue weighted by Gasteiger charge is 2.44. The molecule has 1 aromatic carbocycles. The van der Waals surface area contributed by atoms with Gasteiger partial charge in [-0.15, -0.1) is 0 Å². The SMILES string of the molecule is CCOc1ccccc1OCCC1(O)CC2COCC(C1)N2C. The minimum absolute atomic E-state index is 0.309. The summed E-state index contributed by atoms with van der Waals surface area (Å²) in [6.07, 6.45) is 2.13. The minimum Gasteiger partial charge on any atom is -0.490 e. The third-order valence-corrected chi connectivity index (χ3v) is 4.98. The Labute approximate surface area is 138 Å². The molecule has 2 saturated heterocycles. The quantitative estimate of drug-likeness (QED) is 0.869. The number of nitrogens with zero attached hydrogens (tertiary/aromatic N) is 1. The van der Waals surface area contributed by atoms with E-state index in [1.807, 2.05) is 31.2 Å². The Bertz CT molecular complexity index is 507. The van der Waals surface area contributed by atoms with E-state index in [1.165, 1.54) is 0 Å². The van der Waals surface area contributed by atoms with E-state index in [9.17, 15) is 5.11 Å². The lowest BCUT2D eigenvalue weighted by Crippen LogP contribution is -2.60. The van der Waals surface area contributed by atoms with Gasteiger partial charge in [-0.1, -0.05) is 12.1 Å². The second-order valence-corrected chi connectivity index (χ2v) is 6.62. The lowest BCUT2D eigenvalue weighted by atomic mass is 9.79. The highest BCUT2D eigenvalue weighted by Crippen LogP contribution is 2.36. The van der Waals surface area contributed by atoms with Crippen LogP contribution in [0.5, 0.6) is 11.5 Å². The van der Waals surface area contributed by atoms with Crippen molar-refractivity contribution < 1.29 is 19.3 Å². The molecule has 3 rings (SSSR count). The molecule has 2 aliphatic heterocycles. The van der Waals surface area contributed by atoms with Gasteiger partial charge >= 0.3 is 0 Å². The molecule has 2 unspecified atom stereocenters. The second-order valence-electron chi connectivity index (χ2n) is 6.62. The highest BCUT2D eigenvalue weighted by molar-refractivity contribution is 5.39. The van der Waals surface area contributed by atoms with E-state index in [4.69, 9.17) is 14.2 Å². The molecule has 0 radical (unpaired) electrons. The number of hydrogen-bond acceptors (Lipinski definition) is 5. The minimum atomic E-state index is -0.661. The second kappa shape index (κ2) is 7.07. The zero-order chi connectivity index (χ0) is 16.3. The largest absolute Gasteiger partial charge is 0.490 e. The molecule has 2 heterocycles. The van der Waals surface area contributed by atoms with Crippen LogP contribution in [0.25, 0.3) is 0 Å². The molecule has 1 aromatic rings. The van der Waals surface area contributed by atoms with E-state index >= 15 is 0 Å². The van der Waals surface area contributed by atoms with Crippen LogP contribution in [0.4, 0.5) is 0 Å². The van der Waals surface area contributed by atoms with Crippen LogP contribution in [-0.4, -0.2) is 61.2 Å². The Hall–Kier alpha value is -1.30. The van der Waals surface area contributed by atoms with Crippen molar-refractivity contribution in [2.45, 2.75) is 43.9 Å². The van der Waals surface area contributed by atoms with Crippen LogP contribution in [-0.2, 0) is 4.74 Å². The first-order valence-corrected chi connectivity index (χ1v) is 8.48. The normalized spacial score (nSPS) is 30.9. The topological polar surface area (TPSA) is 51.2 Å². The fourth-order valence-electron chi connectivity index (χ4n) is 3.64. The first-order valence-electron chi connectivity index (χ1n) is 8.48. The van der Waals surface area contributed by atoms with Crippen molar-refractivity contribution in [3.05, 3.63) is 24.3 Å². The molecular formula is C18H27NO4. The van der Waals surface area contributed by atoms with Gasteiger partial charge in [-0.05, 0) is 38.9 Å². The zero-order valence-electron chi connectivity index (χ0n) is 14.0. The van der Waals surface area contributed by atoms with Gasteiger partial charge in [0.15, 0.2) is 11.5 Å². The fraction of sp³-hybridized carbons (Fsp3) is 0.667. The molecule has 2 bridgehead atoms. The molecule has 0 aromatic heterocycles. The average molecular weight is 321 g/mol. The van der Waals surface area contributed by atoms with Crippen molar-refractivity contribution in [2.24, 2.45) is 0 Å². The van der Waals surface area contributed by atoms with Gasteiger partial charge in [-0.2, -0.15) is 0 Å². The van der Waals surface area contributed by atoms with E-state index in [1.54, 1.807) is 0 Å². The number of rotatable bonds is 6. The average Bonchev–Trinajstić information content (AvgIpc) is 2.51. The van der Waals surface area contributed by atoms with Gasteiger partial charge in [0.2, 0.25) is 0 Å². The molecule has 2 fully saturated rings. The smallest absolute Gasteiger partial charge is 0.161 e. The molecule has 2 atom stereocenters. The molecule has 2 aliphatic rings. The van der Waals surface area contributed by atoms with Crippen molar-refractivity contribution in [2.75, 3.05) is 33.5 Å². The summed E-state index contributed by atoms with van der Waals surface area (Å²) in [5.74, 6) is 1.50. The molecule has 0 spiro atoms. The van der Waals surface area contributed by atoms with Crippen LogP contribution in [0.3, 0.4) is 0 Å². The van der Waals surface area contributed by atoms with E-state index in [-0.39, 0.29) is 0 Å². The molecule has 128 valence electrons. The summed E-state index contributed by atoms with van der Waals surface area (Å²) in [6, 6.07) is 8.30. The van der Waals surface area contributed by atoms with E-state index < -0.39 is 5.60 Å². The van der Waals surface area contributed by atoms with Crippen molar-refractivity contribution in [3.63, 3.8) is 0 Å². The number of likely N-dealkylation sites (N-methyl/N-ethyl adjacent to an activating group) is 1. The Balaban J connectivity index is 1.56. The summed E-state index contributed by atoms with van der Waals surface area (Å²) in [6.45, 7) is 4.48. The van der Waals surface area contributed by atoms with Crippen molar-refractivity contribution in [1.82, 2.24) is 4.90 Å². The lowest BCUT2D eigenvalue weighted by molar-refractivity contribution is -0.138. The Morgan fingerprint density at radius 3 is 2.39 bits per heavy atom. The molecule has 0 amide bonds. The van der Waals surface area contributed by atoms with Crippen LogP contribution >= 0.6 is 0 Å². The molecule has 1 N–H and O–H groups in total. The van der Waals surface area contributed by atoms with E-state index in [0.717, 1.165) is 24.3 Å². The summed E-state index contributed by atoms with van der Waals surface area (Å²) in [5, 5.41) is 11.0. The summed E-state index contributed by atoms with van der Waals surface area (Å²) in [7, 11) is 2.13. The molecule has 5 heteroatoms. The molecule has 5 nitrogen and oxygen atoms in total. The maximum absolute atomic E-state index is 11.0. The fourth-order valence-corrected chi connectivity index (χ4v) is 3.64. The summed E-state index contributed by atoms with van der Waals surface area (Å²) in [5.41, 5.74) is -0.661. The van der Waals surface area contributed by atoms with E-state index in [0.29, 0.717) is 44.9 Å². The summed E-state index contributed by atoms with van der Waals surface area (Å²) >= 11 is 0. The maximum atomic E-state index is 11.0. The van der Waals surface area contributed by atoms with Crippen LogP contribution in [0.15, 0.2) is 24.3 Å². The summed E-state index contributed by atoms with van der Waals surface area (Å²) in [4.78, 5) is 2.35. The molecular weight excluding hydrogens is 294 g/mol. The molecule has 0 saturated carbocycles. The van der Waals surface area contributed by atoms with Gasteiger partial charge in [0.05, 0.1) is 32.0 Å². The van der Waals surface area contributed by atoms with Gasteiger partial charge in [0.25, 0.3) is 0 Å². The van der Waals surface area contributed by atoms with E-state index in [2.05, 4.69) is 11.9 Å². The van der Waals surface area contributed by atoms with Crippen molar-refractivity contribution in [1.29, 1.82) is 0 Å². The predicted octanol–water partition coefficient (Wildman–Crippen LogP) is 2.08. The van der Waals surface area contributed by atoms with Crippen LogP contribution in [0, 0.1) is 0 Å². The molecule has 23 heavy (non-hydrogen) atoms. The third kappa shape index (κ3) is 3.79. The Morgan fingerprint density at radius 1 is 1.17 bits per heavy atom. The van der Waals surface area contributed by atoms with Crippen molar-refractivity contribution >= 4 is 0 Å². The number of piperidine rings is 1. The number of para-hydroxylation sites is 2. The van der Waals surface area contributed by atoms with Gasteiger partial charge in [0, 0.05) is 18.5 Å². The first-order chi connectivity index (χ1) is 11.1. The number of ether oxygens (including phenoxy) is 3. The van der Waals surface area contributed by atoms with Crippen LogP contribution < -0.4 is 9.47 Å². The Morgan fingerprint density at radius 2 is 1.78 bits per heavy atom. The zero-order valence-corrected chi connectivity index (χ0v) is 14.0. The summed E-state index contributed by atoms with van der Waals surface area (Å²) < 4.78 is 17.1. The monoisotopic (exact) mass is 321 g/mol. The Kier molecular flexibility index (Phi) is 5.09. The number of aliphatic hydroxyl groups is 1. The van der Waals surface area contributed by atoms with Crippen molar-refractivity contribution in [3.8, 4) is 11.5 Å². The number of morpholine rings is 1. The third-order valence-electron chi connectivity index (χ3n) is 4.98. The van der Waals surface area contributed by atoms with Gasteiger partial charge in [-0.3, -0.25) is 4.90 Å².